The second kappa shape index (κ2) is 5.78. The monoisotopic (exact) mass is 261 g/mol. The van der Waals surface area contributed by atoms with E-state index in [9.17, 15) is 0 Å². The molecule has 0 bridgehead atoms. The molecular formula is C15H16ClNO. The predicted octanol–water partition coefficient (Wildman–Crippen LogP) is 3.91. The van der Waals surface area contributed by atoms with Crippen molar-refractivity contribution in [2.45, 2.75) is 13.3 Å². The highest BCUT2D eigenvalue weighted by atomic mass is 35.5. The van der Waals surface area contributed by atoms with Crippen molar-refractivity contribution in [1.82, 2.24) is 0 Å². The van der Waals surface area contributed by atoms with Gasteiger partial charge in [0.2, 0.25) is 0 Å². The Kier molecular flexibility index (Phi) is 4.11. The van der Waals surface area contributed by atoms with E-state index >= 15 is 0 Å². The molecule has 0 saturated heterocycles. The molecule has 0 aliphatic carbocycles. The van der Waals surface area contributed by atoms with E-state index in [0.29, 0.717) is 6.61 Å². The number of hydrogen-bond donors (Lipinski definition) is 1. The first kappa shape index (κ1) is 12.8. The third kappa shape index (κ3) is 3.17. The van der Waals surface area contributed by atoms with Gasteiger partial charge in [-0.15, -0.1) is 0 Å². The Morgan fingerprint density at radius 3 is 2.50 bits per heavy atom. The van der Waals surface area contributed by atoms with Crippen LogP contribution in [0.25, 0.3) is 0 Å². The lowest BCUT2D eigenvalue weighted by Crippen LogP contribution is -1.94. The average molecular weight is 262 g/mol. The highest BCUT2D eigenvalue weighted by molar-refractivity contribution is 6.31. The van der Waals surface area contributed by atoms with Gasteiger partial charge in [0.1, 0.15) is 5.75 Å². The quantitative estimate of drug-likeness (QED) is 0.847. The fourth-order valence-electron chi connectivity index (χ4n) is 1.82. The summed E-state index contributed by atoms with van der Waals surface area (Å²) in [5.74, 6) is 0.889. The van der Waals surface area contributed by atoms with Crippen LogP contribution in [0.5, 0.6) is 5.75 Å². The molecule has 0 fully saturated rings. The number of benzene rings is 2. The highest BCUT2D eigenvalue weighted by Gasteiger charge is 2.03. The first-order valence-electron chi connectivity index (χ1n) is 5.94. The molecule has 0 aliphatic rings. The van der Waals surface area contributed by atoms with Crippen LogP contribution < -0.4 is 10.5 Å². The summed E-state index contributed by atoms with van der Waals surface area (Å²) in [7, 11) is 0. The van der Waals surface area contributed by atoms with Gasteiger partial charge in [-0.2, -0.15) is 0 Å². The Labute approximate surface area is 112 Å². The first-order valence-corrected chi connectivity index (χ1v) is 6.32. The molecule has 0 radical (unpaired) electrons. The minimum absolute atomic E-state index is 0.681. The summed E-state index contributed by atoms with van der Waals surface area (Å²) < 4.78 is 5.41. The van der Waals surface area contributed by atoms with Crippen molar-refractivity contribution in [1.29, 1.82) is 0 Å². The molecule has 2 aromatic rings. The van der Waals surface area contributed by atoms with Gasteiger partial charge in [-0.25, -0.2) is 0 Å². The summed E-state index contributed by atoms with van der Waals surface area (Å²) >= 11 is 6.15. The zero-order chi connectivity index (χ0) is 13.0. The molecule has 0 atom stereocenters. The number of rotatable bonds is 4. The highest BCUT2D eigenvalue weighted by Crippen LogP contribution is 2.23. The zero-order valence-electron chi connectivity index (χ0n) is 10.3. The van der Waals surface area contributed by atoms with E-state index in [1.54, 1.807) is 0 Å². The van der Waals surface area contributed by atoms with Crippen LogP contribution >= 0.6 is 11.6 Å². The van der Waals surface area contributed by atoms with Crippen LogP contribution in [-0.2, 0) is 6.42 Å². The number of nitrogen functional groups attached to an aromatic ring is 1. The van der Waals surface area contributed by atoms with Gasteiger partial charge in [0.15, 0.2) is 0 Å². The van der Waals surface area contributed by atoms with Crippen LogP contribution in [-0.4, -0.2) is 6.61 Å². The van der Waals surface area contributed by atoms with Crippen molar-refractivity contribution in [2.24, 2.45) is 0 Å². The Bertz CT molecular complexity index is 523. The van der Waals surface area contributed by atoms with Gasteiger partial charge in [-0.05, 0) is 54.8 Å². The van der Waals surface area contributed by atoms with Crippen LogP contribution in [0.15, 0.2) is 42.5 Å². The predicted molar refractivity (Wildman–Crippen MR) is 76.3 cm³/mol. The number of hydrogen-bond acceptors (Lipinski definition) is 2. The van der Waals surface area contributed by atoms with Crippen molar-refractivity contribution < 1.29 is 4.74 Å². The van der Waals surface area contributed by atoms with Crippen LogP contribution in [0.3, 0.4) is 0 Å². The summed E-state index contributed by atoms with van der Waals surface area (Å²) in [6.07, 6.45) is 0.774. The largest absolute Gasteiger partial charge is 0.494 e. The molecule has 2 N–H and O–H groups in total. The Morgan fingerprint density at radius 1 is 1.11 bits per heavy atom. The van der Waals surface area contributed by atoms with E-state index in [2.05, 4.69) is 0 Å². The lowest BCUT2D eigenvalue weighted by atomic mass is 10.0. The van der Waals surface area contributed by atoms with E-state index in [0.717, 1.165) is 28.4 Å². The summed E-state index contributed by atoms with van der Waals surface area (Å²) in [5, 5.41) is 0.748. The summed E-state index contributed by atoms with van der Waals surface area (Å²) in [5.41, 5.74) is 8.73. The van der Waals surface area contributed by atoms with Gasteiger partial charge in [0, 0.05) is 10.7 Å². The smallest absolute Gasteiger partial charge is 0.119 e. The maximum atomic E-state index is 6.15. The van der Waals surface area contributed by atoms with Crippen LogP contribution in [0.1, 0.15) is 18.1 Å². The van der Waals surface area contributed by atoms with Crippen LogP contribution in [0.4, 0.5) is 5.69 Å². The van der Waals surface area contributed by atoms with Crippen molar-refractivity contribution in [3.8, 4) is 5.75 Å². The van der Waals surface area contributed by atoms with E-state index in [-0.39, 0.29) is 0 Å². The fraction of sp³-hybridized carbons (Fsp3) is 0.200. The molecule has 2 aromatic carbocycles. The molecule has 18 heavy (non-hydrogen) atoms. The second-order valence-electron chi connectivity index (χ2n) is 4.10. The average Bonchev–Trinajstić information content (AvgIpc) is 2.37. The van der Waals surface area contributed by atoms with E-state index in [1.807, 2.05) is 49.4 Å². The molecule has 0 aliphatic heterocycles. The van der Waals surface area contributed by atoms with E-state index in [1.165, 1.54) is 5.56 Å². The third-order valence-corrected chi connectivity index (χ3v) is 3.07. The van der Waals surface area contributed by atoms with Gasteiger partial charge in [0.25, 0.3) is 0 Å². The Balaban J connectivity index is 2.15. The molecule has 0 aromatic heterocycles. The minimum atomic E-state index is 0.681. The lowest BCUT2D eigenvalue weighted by Gasteiger charge is -2.07. The molecule has 3 heteroatoms. The Hall–Kier alpha value is -1.67. The molecule has 0 saturated carbocycles. The number of halogens is 1. The topological polar surface area (TPSA) is 35.2 Å². The maximum Gasteiger partial charge on any atom is 0.119 e. The molecule has 2 rings (SSSR count). The van der Waals surface area contributed by atoms with Gasteiger partial charge >= 0.3 is 0 Å². The SMILES string of the molecule is CCOc1ccc(Cc2cc(N)ccc2Cl)cc1. The standard InChI is InChI=1S/C15H16ClNO/c1-2-18-14-6-3-11(4-7-14)9-12-10-13(17)5-8-15(12)16/h3-8,10H,2,9,17H2,1H3. The lowest BCUT2D eigenvalue weighted by molar-refractivity contribution is 0.340. The fourth-order valence-corrected chi connectivity index (χ4v) is 2.00. The molecule has 94 valence electrons. The van der Waals surface area contributed by atoms with Crippen molar-refractivity contribution in [2.75, 3.05) is 12.3 Å². The zero-order valence-corrected chi connectivity index (χ0v) is 11.1. The maximum absolute atomic E-state index is 6.15. The number of nitrogens with two attached hydrogens (primary N) is 1. The van der Waals surface area contributed by atoms with Gasteiger partial charge in [0.05, 0.1) is 6.61 Å². The van der Waals surface area contributed by atoms with Gasteiger partial charge in [-0.3, -0.25) is 0 Å². The molecular weight excluding hydrogens is 246 g/mol. The molecule has 0 unspecified atom stereocenters. The molecule has 0 heterocycles. The normalized spacial score (nSPS) is 10.3. The number of ether oxygens (including phenoxy) is 1. The second-order valence-corrected chi connectivity index (χ2v) is 4.51. The van der Waals surface area contributed by atoms with Crippen molar-refractivity contribution >= 4 is 17.3 Å². The molecule has 2 nitrogen and oxygen atoms in total. The molecule has 0 amide bonds. The van der Waals surface area contributed by atoms with Gasteiger partial charge in [-0.1, -0.05) is 23.7 Å². The summed E-state index contributed by atoms with van der Waals surface area (Å²) in [4.78, 5) is 0. The van der Waals surface area contributed by atoms with E-state index in [4.69, 9.17) is 22.1 Å². The minimum Gasteiger partial charge on any atom is -0.494 e. The van der Waals surface area contributed by atoms with E-state index < -0.39 is 0 Å². The first-order chi connectivity index (χ1) is 8.69. The Morgan fingerprint density at radius 2 is 1.83 bits per heavy atom. The summed E-state index contributed by atoms with van der Waals surface area (Å²) in [6.45, 7) is 2.65. The van der Waals surface area contributed by atoms with Crippen molar-refractivity contribution in [3.05, 3.63) is 58.6 Å². The van der Waals surface area contributed by atoms with Gasteiger partial charge < -0.3 is 10.5 Å². The van der Waals surface area contributed by atoms with Crippen LogP contribution in [0, 0.1) is 0 Å². The number of anilines is 1. The summed E-state index contributed by atoms with van der Waals surface area (Å²) in [6, 6.07) is 13.6. The molecule has 0 spiro atoms. The van der Waals surface area contributed by atoms with Crippen molar-refractivity contribution in [3.63, 3.8) is 0 Å². The third-order valence-electron chi connectivity index (χ3n) is 2.70. The van der Waals surface area contributed by atoms with Crippen LogP contribution in [0.2, 0.25) is 5.02 Å².